The van der Waals surface area contributed by atoms with Crippen molar-refractivity contribution < 1.29 is 4.42 Å². The molecular formula is C19H15N3O2. The number of aromatic amines is 1. The largest absolute Gasteiger partial charge is 0.441 e. The summed E-state index contributed by atoms with van der Waals surface area (Å²) in [7, 11) is 0. The molecule has 4 aromatic rings. The highest BCUT2D eigenvalue weighted by Crippen LogP contribution is 2.20. The lowest BCUT2D eigenvalue weighted by molar-refractivity contribution is 0.503. The molecule has 0 bridgehead atoms. The number of aromatic nitrogens is 3. The molecule has 0 unspecified atom stereocenters. The first kappa shape index (κ1) is 14.4. The highest BCUT2D eigenvalue weighted by Gasteiger charge is 2.08. The molecule has 24 heavy (non-hydrogen) atoms. The Morgan fingerprint density at radius 3 is 2.62 bits per heavy atom. The molecule has 2 heterocycles. The van der Waals surface area contributed by atoms with E-state index in [-0.39, 0.29) is 5.56 Å². The van der Waals surface area contributed by atoms with Crippen LogP contribution in [-0.4, -0.2) is 15.0 Å². The van der Waals surface area contributed by atoms with Crippen LogP contribution in [0.4, 0.5) is 0 Å². The van der Waals surface area contributed by atoms with Crippen molar-refractivity contribution in [2.24, 2.45) is 0 Å². The number of nitrogens with one attached hydrogen (secondary N) is 1. The number of H-pyrrole nitrogens is 1. The van der Waals surface area contributed by atoms with E-state index in [9.17, 15) is 4.79 Å². The van der Waals surface area contributed by atoms with E-state index < -0.39 is 0 Å². The number of nitrogens with zero attached hydrogens (tertiary/aromatic N) is 2. The van der Waals surface area contributed by atoms with Crippen LogP contribution < -0.4 is 5.56 Å². The third kappa shape index (κ3) is 2.84. The molecule has 0 saturated heterocycles. The molecule has 0 atom stereocenters. The molecule has 0 amide bonds. The number of oxazole rings is 1. The predicted molar refractivity (Wildman–Crippen MR) is 91.7 cm³/mol. The van der Waals surface area contributed by atoms with Gasteiger partial charge in [0.1, 0.15) is 5.82 Å². The molecule has 2 aromatic carbocycles. The van der Waals surface area contributed by atoms with Crippen molar-refractivity contribution in [2.45, 2.75) is 12.8 Å². The summed E-state index contributed by atoms with van der Waals surface area (Å²) in [5.41, 5.74) is 1.58. The van der Waals surface area contributed by atoms with Gasteiger partial charge in [0.2, 0.25) is 0 Å². The normalized spacial score (nSPS) is 11.0. The molecule has 0 aliphatic carbocycles. The third-order valence-corrected chi connectivity index (χ3v) is 3.85. The Bertz CT molecular complexity index is 1040. The van der Waals surface area contributed by atoms with Gasteiger partial charge in [0.15, 0.2) is 11.7 Å². The van der Waals surface area contributed by atoms with Gasteiger partial charge >= 0.3 is 0 Å². The zero-order valence-electron chi connectivity index (χ0n) is 12.9. The molecule has 0 spiro atoms. The van der Waals surface area contributed by atoms with Crippen molar-refractivity contribution in [1.29, 1.82) is 0 Å². The molecule has 0 fully saturated rings. The predicted octanol–water partition coefficient (Wildman–Crippen LogP) is 3.36. The molecule has 118 valence electrons. The minimum Gasteiger partial charge on any atom is -0.441 e. The number of aryl methyl sites for hydroxylation is 2. The molecule has 5 heteroatoms. The molecule has 1 N–H and O–H groups in total. The van der Waals surface area contributed by atoms with Crippen LogP contribution in [0.1, 0.15) is 11.7 Å². The molecule has 0 saturated carbocycles. The summed E-state index contributed by atoms with van der Waals surface area (Å²) in [6, 6.07) is 17.2. The minimum absolute atomic E-state index is 0.118. The van der Waals surface area contributed by atoms with Crippen molar-refractivity contribution >= 4 is 10.9 Å². The number of hydrogen-bond donors (Lipinski definition) is 1. The number of fused-ring (bicyclic) bond motifs is 1. The second kappa shape index (κ2) is 6.12. The zero-order valence-corrected chi connectivity index (χ0v) is 12.9. The van der Waals surface area contributed by atoms with E-state index in [1.807, 2.05) is 48.5 Å². The van der Waals surface area contributed by atoms with Gasteiger partial charge < -0.3 is 9.40 Å². The monoisotopic (exact) mass is 317 g/mol. The van der Waals surface area contributed by atoms with E-state index in [4.69, 9.17) is 4.42 Å². The summed E-state index contributed by atoms with van der Waals surface area (Å²) in [6.07, 6.45) is 2.87. The van der Waals surface area contributed by atoms with Crippen LogP contribution in [0.2, 0.25) is 0 Å². The van der Waals surface area contributed by atoms with Crippen molar-refractivity contribution in [3.63, 3.8) is 0 Å². The highest BCUT2D eigenvalue weighted by atomic mass is 16.4. The van der Waals surface area contributed by atoms with Gasteiger partial charge in [-0.05, 0) is 12.1 Å². The third-order valence-electron chi connectivity index (χ3n) is 3.85. The van der Waals surface area contributed by atoms with Crippen LogP contribution in [0.15, 0.2) is 70.0 Å². The highest BCUT2D eigenvalue weighted by molar-refractivity contribution is 5.77. The first-order valence-corrected chi connectivity index (χ1v) is 7.78. The van der Waals surface area contributed by atoms with E-state index in [2.05, 4.69) is 15.0 Å². The van der Waals surface area contributed by atoms with Gasteiger partial charge in [-0.2, -0.15) is 0 Å². The number of para-hydroxylation sites is 1. The molecule has 2 aromatic heterocycles. The fraction of sp³-hybridized carbons (Fsp3) is 0.105. The van der Waals surface area contributed by atoms with Gasteiger partial charge in [0, 0.05) is 18.4 Å². The summed E-state index contributed by atoms with van der Waals surface area (Å²) in [4.78, 5) is 23.7. The van der Waals surface area contributed by atoms with E-state index in [1.54, 1.807) is 12.3 Å². The zero-order chi connectivity index (χ0) is 16.4. The lowest BCUT2D eigenvalue weighted by Gasteiger charge is -2.01. The van der Waals surface area contributed by atoms with E-state index in [0.717, 1.165) is 11.3 Å². The van der Waals surface area contributed by atoms with Gasteiger partial charge in [-0.1, -0.05) is 42.5 Å². The lowest BCUT2D eigenvalue weighted by Crippen LogP contribution is -2.12. The second-order valence-corrected chi connectivity index (χ2v) is 5.51. The summed E-state index contributed by atoms with van der Waals surface area (Å²) < 4.78 is 5.78. The summed E-state index contributed by atoms with van der Waals surface area (Å²) in [5.74, 6) is 2.01. The number of hydrogen-bond acceptors (Lipinski definition) is 4. The van der Waals surface area contributed by atoms with Gasteiger partial charge in [0.05, 0.1) is 17.1 Å². The maximum Gasteiger partial charge on any atom is 0.258 e. The molecule has 0 aliphatic heterocycles. The van der Waals surface area contributed by atoms with Crippen LogP contribution in [0.25, 0.3) is 22.2 Å². The molecule has 0 radical (unpaired) electrons. The number of benzene rings is 2. The van der Waals surface area contributed by atoms with E-state index in [0.29, 0.717) is 35.5 Å². The van der Waals surface area contributed by atoms with Crippen LogP contribution in [0.5, 0.6) is 0 Å². The quantitative estimate of drug-likeness (QED) is 0.626. The van der Waals surface area contributed by atoms with Crippen LogP contribution in [0.3, 0.4) is 0 Å². The fourth-order valence-electron chi connectivity index (χ4n) is 2.64. The van der Waals surface area contributed by atoms with Gasteiger partial charge in [-0.3, -0.25) is 4.79 Å². The maximum absolute atomic E-state index is 12.1. The SMILES string of the molecule is O=c1[nH]c(CCc2ncc(-c3ccccc3)o2)nc2ccccc12. The Labute approximate surface area is 138 Å². The Hall–Kier alpha value is -3.21. The summed E-state index contributed by atoms with van der Waals surface area (Å²) in [6.45, 7) is 0. The molecule has 4 rings (SSSR count). The molecule has 0 aliphatic rings. The minimum atomic E-state index is -0.118. The van der Waals surface area contributed by atoms with Crippen molar-refractivity contribution in [3.8, 4) is 11.3 Å². The smallest absolute Gasteiger partial charge is 0.258 e. The van der Waals surface area contributed by atoms with Gasteiger partial charge in [-0.15, -0.1) is 0 Å². The van der Waals surface area contributed by atoms with Crippen LogP contribution >= 0.6 is 0 Å². The standard InChI is InChI=1S/C19H15N3O2/c23-19-14-8-4-5-9-15(14)21-17(22-19)10-11-18-20-12-16(24-18)13-6-2-1-3-7-13/h1-9,12H,10-11H2,(H,21,22,23). The Kier molecular flexibility index (Phi) is 3.67. The number of rotatable bonds is 4. The maximum atomic E-state index is 12.1. The Balaban J connectivity index is 1.53. The molecule has 5 nitrogen and oxygen atoms in total. The Morgan fingerprint density at radius 2 is 1.75 bits per heavy atom. The van der Waals surface area contributed by atoms with E-state index in [1.165, 1.54) is 0 Å². The summed E-state index contributed by atoms with van der Waals surface area (Å²) >= 11 is 0. The van der Waals surface area contributed by atoms with Gasteiger partial charge in [0.25, 0.3) is 5.56 Å². The van der Waals surface area contributed by atoms with Crippen molar-refractivity contribution in [1.82, 2.24) is 15.0 Å². The van der Waals surface area contributed by atoms with E-state index >= 15 is 0 Å². The molecular weight excluding hydrogens is 302 g/mol. The first-order chi connectivity index (χ1) is 11.8. The van der Waals surface area contributed by atoms with Crippen LogP contribution in [0, 0.1) is 0 Å². The second-order valence-electron chi connectivity index (χ2n) is 5.51. The fourth-order valence-corrected chi connectivity index (χ4v) is 2.64. The first-order valence-electron chi connectivity index (χ1n) is 7.78. The van der Waals surface area contributed by atoms with Gasteiger partial charge in [-0.25, -0.2) is 9.97 Å². The average Bonchev–Trinajstić information content (AvgIpc) is 3.10. The van der Waals surface area contributed by atoms with Crippen molar-refractivity contribution in [2.75, 3.05) is 0 Å². The lowest BCUT2D eigenvalue weighted by atomic mass is 10.2. The Morgan fingerprint density at radius 1 is 0.958 bits per heavy atom. The van der Waals surface area contributed by atoms with Crippen LogP contribution in [-0.2, 0) is 12.8 Å². The topological polar surface area (TPSA) is 71.8 Å². The average molecular weight is 317 g/mol. The van der Waals surface area contributed by atoms with Crippen molar-refractivity contribution in [3.05, 3.63) is 82.9 Å². The summed E-state index contributed by atoms with van der Waals surface area (Å²) in [5, 5.41) is 0.601.